The van der Waals surface area contributed by atoms with Crippen molar-refractivity contribution in [2.75, 3.05) is 32.9 Å². The topological polar surface area (TPSA) is 43.1 Å². The molecule has 1 unspecified atom stereocenters. The number of ether oxygens (including phenoxy) is 2. The van der Waals surface area contributed by atoms with E-state index in [4.69, 9.17) is 21.1 Å². The first-order chi connectivity index (χ1) is 12.2. The molecule has 2 aromatic carbocycles. The van der Waals surface area contributed by atoms with Gasteiger partial charge in [-0.1, -0.05) is 35.9 Å². The summed E-state index contributed by atoms with van der Waals surface area (Å²) in [4.78, 5) is 1.41. The van der Waals surface area contributed by atoms with Gasteiger partial charge in [0.1, 0.15) is 31.5 Å². The zero-order valence-corrected chi connectivity index (χ0v) is 15.0. The molecule has 0 saturated heterocycles. The second-order valence-electron chi connectivity index (χ2n) is 6.43. The van der Waals surface area contributed by atoms with Crippen LogP contribution in [0.2, 0.25) is 5.02 Å². The van der Waals surface area contributed by atoms with Crippen molar-refractivity contribution in [2.24, 2.45) is 0 Å². The summed E-state index contributed by atoms with van der Waals surface area (Å²) in [7, 11) is 0. The van der Waals surface area contributed by atoms with Crippen molar-refractivity contribution in [1.82, 2.24) is 0 Å². The first-order valence-corrected chi connectivity index (χ1v) is 9.13. The van der Waals surface area contributed by atoms with E-state index >= 15 is 0 Å². The van der Waals surface area contributed by atoms with Gasteiger partial charge in [-0.15, -0.1) is 0 Å². The Morgan fingerprint density at radius 1 is 1.04 bits per heavy atom. The highest BCUT2D eigenvalue weighted by Crippen LogP contribution is 2.15. The van der Waals surface area contributed by atoms with Crippen LogP contribution < -0.4 is 9.64 Å². The monoisotopic (exact) mass is 362 g/mol. The van der Waals surface area contributed by atoms with E-state index in [1.54, 1.807) is 12.1 Å². The maximum absolute atomic E-state index is 10.2. The molecule has 0 aromatic heterocycles. The highest BCUT2D eigenvalue weighted by Gasteiger charge is 2.21. The van der Waals surface area contributed by atoms with E-state index in [2.05, 4.69) is 24.3 Å². The molecule has 0 radical (unpaired) electrons. The van der Waals surface area contributed by atoms with E-state index in [-0.39, 0.29) is 0 Å². The van der Waals surface area contributed by atoms with Gasteiger partial charge in [-0.3, -0.25) is 0 Å². The molecule has 3 rings (SSSR count). The minimum atomic E-state index is -0.448. The van der Waals surface area contributed by atoms with E-state index in [1.165, 1.54) is 16.0 Å². The summed E-state index contributed by atoms with van der Waals surface area (Å²) in [5, 5.41) is 10.9. The lowest BCUT2D eigenvalue weighted by Crippen LogP contribution is -3.12. The van der Waals surface area contributed by atoms with Gasteiger partial charge in [0.25, 0.3) is 0 Å². The lowest BCUT2D eigenvalue weighted by molar-refractivity contribution is -0.919. The van der Waals surface area contributed by atoms with Crippen LogP contribution in [0.25, 0.3) is 0 Å². The van der Waals surface area contributed by atoms with Crippen LogP contribution in [0, 0.1) is 0 Å². The molecule has 0 spiro atoms. The number of nitrogens with one attached hydrogen (secondary N) is 1. The summed E-state index contributed by atoms with van der Waals surface area (Å²) < 4.78 is 11.1. The molecule has 0 fully saturated rings. The molecule has 4 nitrogen and oxygen atoms in total. The van der Waals surface area contributed by atoms with Gasteiger partial charge < -0.3 is 19.5 Å². The highest BCUT2D eigenvalue weighted by atomic mass is 35.5. The second-order valence-corrected chi connectivity index (χ2v) is 6.87. The smallest absolute Gasteiger partial charge is 0.126 e. The average molecular weight is 363 g/mol. The van der Waals surface area contributed by atoms with Crippen LogP contribution >= 0.6 is 11.6 Å². The molecular formula is C20H25ClNO3+. The quantitative estimate of drug-likeness (QED) is 0.703. The van der Waals surface area contributed by atoms with Crippen molar-refractivity contribution in [2.45, 2.75) is 19.1 Å². The first kappa shape index (κ1) is 18.2. The minimum absolute atomic E-state index is 0.342. The van der Waals surface area contributed by atoms with Crippen molar-refractivity contribution in [3.8, 4) is 5.75 Å². The van der Waals surface area contributed by atoms with Crippen LogP contribution in [0.1, 0.15) is 11.1 Å². The number of hydrogen-bond donors (Lipinski definition) is 2. The van der Waals surface area contributed by atoms with Crippen molar-refractivity contribution < 1.29 is 19.5 Å². The fourth-order valence-electron chi connectivity index (χ4n) is 3.18. The number of benzene rings is 2. The van der Waals surface area contributed by atoms with Gasteiger partial charge in [0.15, 0.2) is 0 Å². The molecular weight excluding hydrogens is 338 g/mol. The van der Waals surface area contributed by atoms with Gasteiger partial charge in [-0.25, -0.2) is 0 Å². The van der Waals surface area contributed by atoms with E-state index in [0.717, 1.165) is 25.3 Å². The van der Waals surface area contributed by atoms with Gasteiger partial charge in [0.2, 0.25) is 0 Å². The van der Waals surface area contributed by atoms with E-state index < -0.39 is 6.10 Å². The molecule has 0 amide bonds. The zero-order chi connectivity index (χ0) is 17.5. The van der Waals surface area contributed by atoms with Gasteiger partial charge in [0, 0.05) is 17.0 Å². The standard InChI is InChI=1S/C20H24ClNO3/c21-18-5-7-20(8-6-18)25-12-11-24-15-19(23)14-22-10-9-16-3-1-2-4-17(16)13-22/h1-8,19,23H,9-15H2/p+1/t19-/m0/s1. The summed E-state index contributed by atoms with van der Waals surface area (Å²) in [6.07, 6.45) is 0.629. The predicted octanol–water partition coefficient (Wildman–Crippen LogP) is 1.74. The molecule has 25 heavy (non-hydrogen) atoms. The van der Waals surface area contributed by atoms with Crippen LogP contribution in [-0.4, -0.2) is 44.1 Å². The van der Waals surface area contributed by atoms with Crippen LogP contribution in [0.15, 0.2) is 48.5 Å². The van der Waals surface area contributed by atoms with Gasteiger partial charge in [-0.05, 0) is 29.8 Å². The summed E-state index contributed by atoms with van der Waals surface area (Å²) in [6, 6.07) is 15.8. The second kappa shape index (κ2) is 9.20. The molecule has 1 aliphatic rings. The molecule has 2 aromatic rings. The Labute approximate surface area is 153 Å². The number of hydrogen-bond acceptors (Lipinski definition) is 3. The summed E-state index contributed by atoms with van der Waals surface area (Å²) in [5.74, 6) is 0.768. The number of halogens is 1. The molecule has 1 heterocycles. The van der Waals surface area contributed by atoms with Crippen molar-refractivity contribution in [3.63, 3.8) is 0 Å². The SMILES string of the molecule is O[C@H](COCCOc1ccc(Cl)cc1)C[NH+]1CCc2ccccc2C1. The number of fused-ring (bicyclic) bond motifs is 1. The Kier molecular flexibility index (Phi) is 6.70. The summed E-state index contributed by atoms with van der Waals surface area (Å²) in [6.45, 7) is 4.01. The normalized spacial score (nSPS) is 17.8. The molecule has 2 atom stereocenters. The summed E-state index contributed by atoms with van der Waals surface area (Å²) >= 11 is 5.83. The molecule has 0 aliphatic carbocycles. The van der Waals surface area contributed by atoms with Crippen LogP contribution in [0.3, 0.4) is 0 Å². The Bertz CT molecular complexity index is 662. The van der Waals surface area contributed by atoms with Crippen molar-refractivity contribution >= 4 is 11.6 Å². The van der Waals surface area contributed by atoms with E-state index in [0.29, 0.717) is 31.4 Å². The third kappa shape index (κ3) is 5.72. The van der Waals surface area contributed by atoms with Crippen molar-refractivity contribution in [1.29, 1.82) is 0 Å². The Balaban J connectivity index is 1.31. The number of aliphatic hydroxyl groups excluding tert-OH is 1. The van der Waals surface area contributed by atoms with E-state index in [1.807, 2.05) is 12.1 Å². The Morgan fingerprint density at radius 2 is 1.80 bits per heavy atom. The number of aliphatic hydroxyl groups is 1. The predicted molar refractivity (Wildman–Crippen MR) is 98.3 cm³/mol. The maximum atomic E-state index is 10.2. The lowest BCUT2D eigenvalue weighted by atomic mass is 10.00. The molecule has 134 valence electrons. The van der Waals surface area contributed by atoms with Gasteiger partial charge in [-0.2, -0.15) is 0 Å². The lowest BCUT2D eigenvalue weighted by Gasteiger charge is -2.27. The summed E-state index contributed by atoms with van der Waals surface area (Å²) in [5.41, 5.74) is 2.84. The van der Waals surface area contributed by atoms with Gasteiger partial charge in [0.05, 0.1) is 19.8 Å². The van der Waals surface area contributed by atoms with Crippen LogP contribution in [-0.2, 0) is 17.7 Å². The zero-order valence-electron chi connectivity index (χ0n) is 14.3. The first-order valence-electron chi connectivity index (χ1n) is 8.75. The fraction of sp³-hybridized carbons (Fsp3) is 0.400. The number of quaternary nitrogens is 1. The highest BCUT2D eigenvalue weighted by molar-refractivity contribution is 6.30. The molecule has 0 bridgehead atoms. The largest absolute Gasteiger partial charge is 0.491 e. The van der Waals surface area contributed by atoms with E-state index in [9.17, 15) is 5.11 Å². The third-order valence-electron chi connectivity index (χ3n) is 4.45. The maximum Gasteiger partial charge on any atom is 0.126 e. The fourth-order valence-corrected chi connectivity index (χ4v) is 3.30. The van der Waals surface area contributed by atoms with Crippen molar-refractivity contribution in [3.05, 3.63) is 64.7 Å². The van der Waals surface area contributed by atoms with Gasteiger partial charge >= 0.3 is 0 Å². The van der Waals surface area contributed by atoms with Crippen LogP contribution in [0.5, 0.6) is 5.75 Å². The molecule has 1 aliphatic heterocycles. The molecule has 2 N–H and O–H groups in total. The third-order valence-corrected chi connectivity index (χ3v) is 4.70. The Hall–Kier alpha value is -1.59. The minimum Gasteiger partial charge on any atom is -0.491 e. The Morgan fingerprint density at radius 3 is 2.60 bits per heavy atom. The molecule has 5 heteroatoms. The van der Waals surface area contributed by atoms with Crippen LogP contribution in [0.4, 0.5) is 0 Å². The molecule has 0 saturated carbocycles. The number of rotatable bonds is 8. The average Bonchev–Trinajstić information content (AvgIpc) is 2.63.